The molecule has 1 heterocycles. The van der Waals surface area contributed by atoms with Gasteiger partial charge in [0.05, 0.1) is 5.75 Å². The highest BCUT2D eigenvalue weighted by Gasteiger charge is 2.06. The first-order chi connectivity index (χ1) is 6.74. The summed E-state index contributed by atoms with van der Waals surface area (Å²) in [7, 11) is 1.74. The lowest BCUT2D eigenvalue weighted by Crippen LogP contribution is -2.25. The predicted octanol–water partition coefficient (Wildman–Crippen LogP) is -0.172. The molecule has 0 aliphatic carbocycles. The summed E-state index contributed by atoms with van der Waals surface area (Å²) in [6, 6.07) is 0. The lowest BCUT2D eigenvalue weighted by molar-refractivity contribution is -0.118. The molecule has 0 aliphatic rings. The average molecular weight is 215 g/mol. The zero-order valence-electron chi connectivity index (χ0n) is 8.23. The monoisotopic (exact) mass is 215 g/mol. The molecule has 0 unspecified atom stereocenters. The molecule has 0 spiro atoms. The number of aryl methyl sites for hydroxylation is 1. The standard InChI is InChI=1S/C7H13N5OS/c1-3-4-8-6(13)5-14-7-9-10-11-12(7)2/h3-5H2,1-2H3,(H,8,13). The number of carbonyl (C=O) groups excluding carboxylic acids is 1. The van der Waals surface area contributed by atoms with E-state index in [0.29, 0.717) is 10.9 Å². The molecule has 0 aromatic carbocycles. The van der Waals surface area contributed by atoms with Crippen molar-refractivity contribution in [3.8, 4) is 0 Å². The van der Waals surface area contributed by atoms with Gasteiger partial charge in [-0.15, -0.1) is 5.10 Å². The molecule has 1 aromatic rings. The summed E-state index contributed by atoms with van der Waals surface area (Å²) in [6.45, 7) is 2.73. The van der Waals surface area contributed by atoms with Crippen molar-refractivity contribution in [1.82, 2.24) is 25.5 Å². The first kappa shape index (κ1) is 11.0. The molecule has 0 aliphatic heterocycles. The van der Waals surface area contributed by atoms with Crippen molar-refractivity contribution >= 4 is 17.7 Å². The number of aromatic nitrogens is 4. The van der Waals surface area contributed by atoms with E-state index in [1.807, 2.05) is 6.92 Å². The molecule has 1 aromatic heterocycles. The second-order valence-electron chi connectivity index (χ2n) is 2.72. The third-order valence-electron chi connectivity index (χ3n) is 1.49. The number of nitrogens with zero attached hydrogens (tertiary/aromatic N) is 4. The second-order valence-corrected chi connectivity index (χ2v) is 3.67. The molecule has 6 nitrogen and oxygen atoms in total. The third-order valence-corrected chi connectivity index (χ3v) is 2.50. The van der Waals surface area contributed by atoms with Crippen LogP contribution in [0.3, 0.4) is 0 Å². The fourth-order valence-corrected chi connectivity index (χ4v) is 1.47. The molecule has 7 heteroatoms. The van der Waals surface area contributed by atoms with Gasteiger partial charge < -0.3 is 5.32 Å². The smallest absolute Gasteiger partial charge is 0.230 e. The summed E-state index contributed by atoms with van der Waals surface area (Å²) < 4.78 is 1.54. The largest absolute Gasteiger partial charge is 0.355 e. The van der Waals surface area contributed by atoms with Gasteiger partial charge in [0, 0.05) is 13.6 Å². The number of amides is 1. The van der Waals surface area contributed by atoms with Crippen LogP contribution in [0.1, 0.15) is 13.3 Å². The second kappa shape index (κ2) is 5.58. The van der Waals surface area contributed by atoms with Crippen molar-refractivity contribution < 1.29 is 4.79 Å². The van der Waals surface area contributed by atoms with Crippen LogP contribution in [0.4, 0.5) is 0 Å². The van der Waals surface area contributed by atoms with Crippen LogP contribution in [0.15, 0.2) is 5.16 Å². The van der Waals surface area contributed by atoms with Gasteiger partial charge in [-0.3, -0.25) is 4.79 Å². The summed E-state index contributed by atoms with van der Waals surface area (Å²) >= 11 is 1.33. The summed E-state index contributed by atoms with van der Waals surface area (Å²) in [5.74, 6) is 0.369. The zero-order valence-corrected chi connectivity index (χ0v) is 9.04. The van der Waals surface area contributed by atoms with E-state index in [0.717, 1.165) is 13.0 Å². The molecular weight excluding hydrogens is 202 g/mol. The Hall–Kier alpha value is -1.11. The molecule has 1 amide bonds. The molecule has 0 saturated heterocycles. The van der Waals surface area contributed by atoms with E-state index in [1.165, 1.54) is 16.4 Å². The van der Waals surface area contributed by atoms with E-state index in [-0.39, 0.29) is 5.91 Å². The van der Waals surface area contributed by atoms with Gasteiger partial charge in [0.2, 0.25) is 11.1 Å². The quantitative estimate of drug-likeness (QED) is 0.690. The third kappa shape index (κ3) is 3.33. The number of thioether (sulfide) groups is 1. The van der Waals surface area contributed by atoms with Gasteiger partial charge in [-0.1, -0.05) is 18.7 Å². The van der Waals surface area contributed by atoms with E-state index in [2.05, 4.69) is 20.8 Å². The Balaban J connectivity index is 2.27. The van der Waals surface area contributed by atoms with E-state index >= 15 is 0 Å². The Kier molecular flexibility index (Phi) is 4.37. The minimum atomic E-state index is 0.0138. The average Bonchev–Trinajstić information content (AvgIpc) is 2.58. The fourth-order valence-electron chi connectivity index (χ4n) is 0.789. The molecule has 0 radical (unpaired) electrons. The van der Waals surface area contributed by atoms with Crippen LogP contribution in [-0.2, 0) is 11.8 Å². The normalized spacial score (nSPS) is 10.1. The molecule has 1 N–H and O–H groups in total. The first-order valence-corrected chi connectivity index (χ1v) is 5.34. The van der Waals surface area contributed by atoms with Crippen LogP contribution < -0.4 is 5.32 Å². The molecule has 0 fully saturated rings. The Morgan fingerprint density at radius 2 is 2.43 bits per heavy atom. The lowest BCUT2D eigenvalue weighted by atomic mass is 10.5. The number of rotatable bonds is 5. The van der Waals surface area contributed by atoms with Gasteiger partial charge in [0.15, 0.2) is 0 Å². The van der Waals surface area contributed by atoms with Gasteiger partial charge in [0.1, 0.15) is 0 Å². The van der Waals surface area contributed by atoms with E-state index in [4.69, 9.17) is 0 Å². The summed E-state index contributed by atoms with van der Waals surface area (Å²) in [6.07, 6.45) is 0.946. The van der Waals surface area contributed by atoms with Crippen molar-refractivity contribution in [1.29, 1.82) is 0 Å². The lowest BCUT2D eigenvalue weighted by Gasteiger charge is -2.01. The first-order valence-electron chi connectivity index (χ1n) is 4.36. The van der Waals surface area contributed by atoms with Crippen molar-refractivity contribution in [3.63, 3.8) is 0 Å². The highest BCUT2D eigenvalue weighted by Crippen LogP contribution is 2.10. The highest BCUT2D eigenvalue weighted by molar-refractivity contribution is 7.99. The molecule has 14 heavy (non-hydrogen) atoms. The van der Waals surface area contributed by atoms with Crippen LogP contribution in [-0.4, -0.2) is 38.4 Å². The van der Waals surface area contributed by atoms with Crippen molar-refractivity contribution in [2.24, 2.45) is 7.05 Å². The summed E-state index contributed by atoms with van der Waals surface area (Å²) in [5, 5.41) is 14.3. The van der Waals surface area contributed by atoms with Crippen LogP contribution in [0.5, 0.6) is 0 Å². The molecule has 0 bridgehead atoms. The van der Waals surface area contributed by atoms with Gasteiger partial charge in [-0.25, -0.2) is 4.68 Å². The molecule has 78 valence electrons. The predicted molar refractivity (Wildman–Crippen MR) is 52.8 cm³/mol. The van der Waals surface area contributed by atoms with E-state index in [1.54, 1.807) is 7.05 Å². The topological polar surface area (TPSA) is 72.7 Å². The number of hydrogen-bond acceptors (Lipinski definition) is 5. The van der Waals surface area contributed by atoms with Crippen molar-refractivity contribution in [3.05, 3.63) is 0 Å². The Labute approximate surface area is 86.4 Å². The van der Waals surface area contributed by atoms with Gasteiger partial charge in [-0.05, 0) is 16.8 Å². The SMILES string of the molecule is CCCNC(=O)CSc1nnnn1C. The van der Waals surface area contributed by atoms with Crippen LogP contribution in [0, 0.1) is 0 Å². The molecular formula is C7H13N5OS. The highest BCUT2D eigenvalue weighted by atomic mass is 32.2. The molecule has 0 saturated carbocycles. The number of carbonyl (C=O) groups is 1. The van der Waals surface area contributed by atoms with Crippen LogP contribution in [0.2, 0.25) is 0 Å². The zero-order chi connectivity index (χ0) is 10.4. The molecule has 0 atom stereocenters. The van der Waals surface area contributed by atoms with Gasteiger partial charge >= 0.3 is 0 Å². The minimum absolute atomic E-state index is 0.0138. The van der Waals surface area contributed by atoms with Crippen molar-refractivity contribution in [2.75, 3.05) is 12.3 Å². The fraction of sp³-hybridized carbons (Fsp3) is 0.714. The number of tetrazole rings is 1. The summed E-state index contributed by atoms with van der Waals surface area (Å²) in [5.41, 5.74) is 0. The summed E-state index contributed by atoms with van der Waals surface area (Å²) in [4.78, 5) is 11.2. The minimum Gasteiger partial charge on any atom is -0.355 e. The van der Waals surface area contributed by atoms with Gasteiger partial charge in [-0.2, -0.15) is 0 Å². The Morgan fingerprint density at radius 1 is 1.64 bits per heavy atom. The van der Waals surface area contributed by atoms with E-state index in [9.17, 15) is 4.79 Å². The van der Waals surface area contributed by atoms with Crippen LogP contribution >= 0.6 is 11.8 Å². The number of nitrogens with one attached hydrogen (secondary N) is 1. The van der Waals surface area contributed by atoms with E-state index < -0.39 is 0 Å². The maximum absolute atomic E-state index is 11.2. The molecule has 1 rings (SSSR count). The maximum atomic E-state index is 11.2. The Morgan fingerprint density at radius 3 is 3.00 bits per heavy atom. The Bertz CT molecular complexity index is 300. The van der Waals surface area contributed by atoms with Gasteiger partial charge in [0.25, 0.3) is 0 Å². The maximum Gasteiger partial charge on any atom is 0.230 e. The van der Waals surface area contributed by atoms with Crippen molar-refractivity contribution in [2.45, 2.75) is 18.5 Å². The number of hydrogen-bond donors (Lipinski definition) is 1. The van der Waals surface area contributed by atoms with Crippen LogP contribution in [0.25, 0.3) is 0 Å².